The summed E-state index contributed by atoms with van der Waals surface area (Å²) in [4.78, 5) is 2.22. The number of anilines is 1. The van der Waals surface area contributed by atoms with Gasteiger partial charge in [0.25, 0.3) is 0 Å². The van der Waals surface area contributed by atoms with Crippen LogP contribution in [-0.2, 0) is 11.3 Å². The second-order valence-corrected chi connectivity index (χ2v) is 9.41. The van der Waals surface area contributed by atoms with E-state index in [1.165, 1.54) is 5.56 Å². The van der Waals surface area contributed by atoms with Crippen LogP contribution in [0.3, 0.4) is 0 Å². The molecule has 1 aliphatic heterocycles. The van der Waals surface area contributed by atoms with E-state index >= 15 is 0 Å². The van der Waals surface area contributed by atoms with E-state index in [2.05, 4.69) is 42.0 Å². The molecule has 3 heterocycles. The quantitative estimate of drug-likeness (QED) is 0.350. The maximum atomic E-state index is 6.10. The van der Waals surface area contributed by atoms with E-state index in [9.17, 15) is 0 Å². The molecule has 0 bridgehead atoms. The van der Waals surface area contributed by atoms with E-state index in [-0.39, 0.29) is 5.25 Å². The van der Waals surface area contributed by atoms with Crippen LogP contribution in [0.25, 0.3) is 11.5 Å². The van der Waals surface area contributed by atoms with Crippen molar-refractivity contribution in [3.05, 3.63) is 71.1 Å². The number of hydrogen-bond donors (Lipinski definition) is 0. The van der Waals surface area contributed by atoms with Crippen LogP contribution in [0.4, 0.5) is 5.95 Å². The smallest absolute Gasteiger partial charge is 0.247 e. The second-order valence-electron chi connectivity index (χ2n) is 7.67. The minimum atomic E-state index is -0.110. The van der Waals surface area contributed by atoms with Gasteiger partial charge in [0.05, 0.1) is 25.0 Å². The number of morpholine rings is 1. The molecule has 0 spiro atoms. The van der Waals surface area contributed by atoms with Gasteiger partial charge in [-0.05, 0) is 30.7 Å². The van der Waals surface area contributed by atoms with E-state index in [1.807, 2.05) is 49.4 Å². The van der Waals surface area contributed by atoms with E-state index < -0.39 is 0 Å². The van der Waals surface area contributed by atoms with Crippen molar-refractivity contribution in [2.24, 2.45) is 0 Å². The molecule has 5 rings (SSSR count). The second kappa shape index (κ2) is 9.94. The van der Waals surface area contributed by atoms with Gasteiger partial charge in [0.15, 0.2) is 5.16 Å². The molecule has 170 valence electrons. The number of halogens is 1. The highest BCUT2D eigenvalue weighted by atomic mass is 35.5. The minimum Gasteiger partial charge on any atom is -0.419 e. The lowest BCUT2D eigenvalue weighted by atomic mass is 10.2. The Labute approximate surface area is 200 Å². The van der Waals surface area contributed by atoms with Gasteiger partial charge < -0.3 is 14.1 Å². The number of nitrogens with zero attached hydrogens (tertiary/aromatic N) is 6. The van der Waals surface area contributed by atoms with Gasteiger partial charge in [0.2, 0.25) is 17.7 Å². The van der Waals surface area contributed by atoms with Crippen LogP contribution in [0, 0.1) is 0 Å². The Balaban J connectivity index is 1.40. The molecular weight excluding hydrogens is 460 g/mol. The van der Waals surface area contributed by atoms with Crippen LogP contribution in [0.5, 0.6) is 0 Å². The minimum absolute atomic E-state index is 0.110. The molecule has 10 heteroatoms. The fourth-order valence-electron chi connectivity index (χ4n) is 3.62. The zero-order valence-electron chi connectivity index (χ0n) is 18.1. The lowest BCUT2D eigenvalue weighted by Gasteiger charge is -2.28. The average molecular weight is 483 g/mol. The zero-order valence-corrected chi connectivity index (χ0v) is 19.7. The Morgan fingerprint density at radius 3 is 2.61 bits per heavy atom. The molecule has 1 aliphatic rings. The predicted molar refractivity (Wildman–Crippen MR) is 128 cm³/mol. The summed E-state index contributed by atoms with van der Waals surface area (Å²) < 4.78 is 13.6. The summed E-state index contributed by atoms with van der Waals surface area (Å²) in [7, 11) is 0. The third kappa shape index (κ3) is 5.05. The topological polar surface area (TPSA) is 82.1 Å². The Morgan fingerprint density at radius 2 is 1.82 bits per heavy atom. The van der Waals surface area contributed by atoms with Crippen molar-refractivity contribution < 1.29 is 9.15 Å². The number of rotatable bonds is 7. The summed E-state index contributed by atoms with van der Waals surface area (Å²) in [5, 5.41) is 18.8. The molecule has 2 aromatic carbocycles. The molecule has 1 atom stereocenters. The molecule has 0 N–H and O–H groups in total. The van der Waals surface area contributed by atoms with Gasteiger partial charge in [-0.1, -0.05) is 59.8 Å². The monoisotopic (exact) mass is 482 g/mol. The first-order valence-corrected chi connectivity index (χ1v) is 12.0. The molecule has 0 amide bonds. The van der Waals surface area contributed by atoms with E-state index in [4.69, 9.17) is 20.8 Å². The molecule has 8 nitrogen and oxygen atoms in total. The Morgan fingerprint density at radius 1 is 1.00 bits per heavy atom. The van der Waals surface area contributed by atoms with E-state index in [0.29, 0.717) is 36.6 Å². The summed E-state index contributed by atoms with van der Waals surface area (Å²) in [5.41, 5.74) is 1.97. The molecular formula is C23H23ClN6O2S. The van der Waals surface area contributed by atoms with Gasteiger partial charge in [0, 0.05) is 23.7 Å². The fourth-order valence-corrected chi connectivity index (χ4v) is 4.68. The number of benzene rings is 2. The SMILES string of the molecule is CC(Sc1nnc(N2CCOCC2)n1Cc1ccccc1)c1nnc(-c2cccc(Cl)c2)o1. The lowest BCUT2D eigenvalue weighted by molar-refractivity contribution is 0.121. The van der Waals surface area contributed by atoms with Crippen molar-refractivity contribution in [3.8, 4) is 11.5 Å². The summed E-state index contributed by atoms with van der Waals surface area (Å²) in [5.74, 6) is 1.82. The normalized spacial score (nSPS) is 15.0. The largest absolute Gasteiger partial charge is 0.419 e. The highest BCUT2D eigenvalue weighted by Gasteiger charge is 2.24. The van der Waals surface area contributed by atoms with Crippen molar-refractivity contribution in [2.45, 2.75) is 23.9 Å². The first-order valence-electron chi connectivity index (χ1n) is 10.7. The zero-order chi connectivity index (χ0) is 22.6. The molecule has 1 saturated heterocycles. The number of hydrogen-bond acceptors (Lipinski definition) is 8. The Hall–Kier alpha value is -2.88. The molecule has 0 radical (unpaired) electrons. The van der Waals surface area contributed by atoms with Crippen LogP contribution in [0.2, 0.25) is 5.02 Å². The third-order valence-electron chi connectivity index (χ3n) is 5.32. The Kier molecular flexibility index (Phi) is 6.61. The van der Waals surface area contributed by atoms with Crippen molar-refractivity contribution in [1.29, 1.82) is 0 Å². The third-order valence-corrected chi connectivity index (χ3v) is 6.62. The maximum absolute atomic E-state index is 6.10. The van der Waals surface area contributed by atoms with Crippen LogP contribution < -0.4 is 4.90 Å². The molecule has 0 saturated carbocycles. The van der Waals surface area contributed by atoms with E-state index in [1.54, 1.807) is 11.8 Å². The van der Waals surface area contributed by atoms with E-state index in [0.717, 1.165) is 29.8 Å². The van der Waals surface area contributed by atoms with Crippen LogP contribution in [0.1, 0.15) is 23.6 Å². The fraction of sp³-hybridized carbons (Fsp3) is 0.304. The van der Waals surface area contributed by atoms with Crippen LogP contribution >= 0.6 is 23.4 Å². The predicted octanol–water partition coefficient (Wildman–Crippen LogP) is 4.72. The highest BCUT2D eigenvalue weighted by molar-refractivity contribution is 7.99. The number of ether oxygens (including phenoxy) is 1. The van der Waals surface area contributed by atoms with Crippen LogP contribution in [-0.4, -0.2) is 51.3 Å². The first kappa shape index (κ1) is 21.9. The molecule has 1 unspecified atom stereocenters. The molecule has 33 heavy (non-hydrogen) atoms. The summed E-state index contributed by atoms with van der Waals surface area (Å²) in [6.07, 6.45) is 0. The summed E-state index contributed by atoms with van der Waals surface area (Å²) >= 11 is 7.65. The van der Waals surface area contributed by atoms with Crippen molar-refractivity contribution in [3.63, 3.8) is 0 Å². The van der Waals surface area contributed by atoms with Crippen LogP contribution in [0.15, 0.2) is 64.2 Å². The molecule has 2 aromatic heterocycles. The number of aromatic nitrogens is 5. The maximum Gasteiger partial charge on any atom is 0.247 e. The van der Waals surface area contributed by atoms with Gasteiger partial charge in [-0.15, -0.1) is 20.4 Å². The number of thioether (sulfide) groups is 1. The standard InChI is InChI=1S/C23H23ClN6O2S/c1-16(20-25-26-21(32-20)18-8-5-9-19(24)14-18)33-23-28-27-22(29-10-12-31-13-11-29)30(23)15-17-6-3-2-4-7-17/h2-9,14,16H,10-13,15H2,1H3. The molecule has 4 aromatic rings. The first-order chi connectivity index (χ1) is 16.2. The van der Waals surface area contributed by atoms with Crippen molar-refractivity contribution >= 4 is 29.3 Å². The summed E-state index contributed by atoms with van der Waals surface area (Å²) in [6, 6.07) is 17.7. The van der Waals surface area contributed by atoms with Crippen molar-refractivity contribution in [2.75, 3.05) is 31.2 Å². The van der Waals surface area contributed by atoms with Gasteiger partial charge >= 0.3 is 0 Å². The lowest BCUT2D eigenvalue weighted by Crippen LogP contribution is -2.38. The molecule has 1 fully saturated rings. The van der Waals surface area contributed by atoms with Gasteiger partial charge in [-0.25, -0.2) is 0 Å². The van der Waals surface area contributed by atoms with Gasteiger partial charge in [-0.3, -0.25) is 4.57 Å². The highest BCUT2D eigenvalue weighted by Crippen LogP contribution is 2.36. The Bertz CT molecular complexity index is 1210. The summed E-state index contributed by atoms with van der Waals surface area (Å²) in [6.45, 7) is 5.65. The average Bonchev–Trinajstić information content (AvgIpc) is 3.49. The van der Waals surface area contributed by atoms with Gasteiger partial charge in [-0.2, -0.15) is 0 Å². The van der Waals surface area contributed by atoms with Crippen molar-refractivity contribution in [1.82, 2.24) is 25.0 Å². The van der Waals surface area contributed by atoms with Gasteiger partial charge in [0.1, 0.15) is 0 Å². The molecule has 0 aliphatic carbocycles.